The van der Waals surface area contributed by atoms with Crippen LogP contribution in [0.4, 0.5) is 0 Å². The minimum Gasteiger partial charge on any atom is -0.507 e. The molecule has 1 heterocycles. The number of carbonyl (C=O) groups excluding carboxylic acids is 1. The molecule has 1 atom stereocenters. The number of nitrogens with zero attached hydrogens (tertiary/aromatic N) is 1. The van der Waals surface area contributed by atoms with Crippen LogP contribution in [-0.4, -0.2) is 16.0 Å². The van der Waals surface area contributed by atoms with Crippen molar-refractivity contribution in [1.29, 1.82) is 0 Å². The van der Waals surface area contributed by atoms with Gasteiger partial charge in [0, 0.05) is 0 Å². The number of phenols is 1. The highest BCUT2D eigenvalue weighted by atomic mass is 32.2. The number of benzene rings is 1. The molecular weight excluding hydrogens is 308 g/mol. The molecule has 1 aromatic rings. The molecule has 1 saturated heterocycles. The molecule has 0 saturated carbocycles. The molecule has 0 bridgehead atoms. The van der Waals surface area contributed by atoms with Gasteiger partial charge in [-0.05, 0) is 39.7 Å². The third-order valence-corrected chi connectivity index (χ3v) is 5.21. The summed E-state index contributed by atoms with van der Waals surface area (Å²) in [5.74, 6) is 5.88. The van der Waals surface area contributed by atoms with Crippen LogP contribution in [0.5, 0.6) is 5.75 Å². The molecule has 23 heavy (non-hydrogen) atoms. The van der Waals surface area contributed by atoms with E-state index in [0.717, 1.165) is 21.7 Å². The number of rotatable bonds is 1. The second-order valence-corrected chi connectivity index (χ2v) is 9.24. The summed E-state index contributed by atoms with van der Waals surface area (Å²) in [6, 6.07) is 3.85. The van der Waals surface area contributed by atoms with E-state index in [1.165, 1.54) is 11.8 Å². The van der Waals surface area contributed by atoms with Crippen LogP contribution in [0.3, 0.4) is 0 Å². The van der Waals surface area contributed by atoms with E-state index >= 15 is 0 Å². The summed E-state index contributed by atoms with van der Waals surface area (Å²) in [5.41, 5.74) is 2.09. The Morgan fingerprint density at radius 3 is 1.87 bits per heavy atom. The highest BCUT2D eigenvalue weighted by Crippen LogP contribution is 2.47. The summed E-state index contributed by atoms with van der Waals surface area (Å²) in [6.45, 7) is 16.1. The normalized spacial score (nSPS) is 19.6. The number of thioether (sulfide) groups is 1. The average molecular weight is 334 g/mol. The Kier molecular flexibility index (Phi) is 4.33. The van der Waals surface area contributed by atoms with Crippen molar-refractivity contribution in [2.45, 2.75) is 57.6 Å². The predicted octanol–water partition coefficient (Wildman–Crippen LogP) is 3.95. The number of nitrogens with two attached hydrogens (primary N) is 1. The molecule has 126 valence electrons. The topological polar surface area (TPSA) is 66.6 Å². The standard InChI is InChI=1S/C18H26N2O2S/c1-10-20(19)16(22)15(23-10)11-8-12(17(2,3)4)14(21)13(9-11)18(5,6)7/h8-9,15,21H,1,19H2,2-7H3. The molecule has 0 aliphatic carbocycles. The van der Waals surface area contributed by atoms with Crippen molar-refractivity contribution >= 4 is 17.7 Å². The van der Waals surface area contributed by atoms with Crippen molar-refractivity contribution in [3.05, 3.63) is 40.4 Å². The molecule has 0 radical (unpaired) electrons. The van der Waals surface area contributed by atoms with Crippen molar-refractivity contribution in [3.63, 3.8) is 0 Å². The second-order valence-electron chi connectivity index (χ2n) is 8.06. The van der Waals surface area contributed by atoms with Crippen LogP contribution in [0.2, 0.25) is 0 Å². The lowest BCUT2D eigenvalue weighted by Crippen LogP contribution is -2.32. The van der Waals surface area contributed by atoms with Crippen molar-refractivity contribution in [2.24, 2.45) is 5.84 Å². The van der Waals surface area contributed by atoms with E-state index in [0.29, 0.717) is 10.8 Å². The fourth-order valence-corrected chi connectivity index (χ4v) is 3.62. The molecule has 1 aliphatic heterocycles. The average Bonchev–Trinajstić information content (AvgIpc) is 2.64. The second kappa shape index (κ2) is 5.56. The van der Waals surface area contributed by atoms with Gasteiger partial charge in [0.2, 0.25) is 0 Å². The summed E-state index contributed by atoms with van der Waals surface area (Å²) in [7, 11) is 0. The zero-order valence-electron chi connectivity index (χ0n) is 14.7. The molecular formula is C18H26N2O2S. The molecule has 5 heteroatoms. The monoisotopic (exact) mass is 334 g/mol. The van der Waals surface area contributed by atoms with Crippen LogP contribution in [0.25, 0.3) is 0 Å². The zero-order valence-corrected chi connectivity index (χ0v) is 15.5. The van der Waals surface area contributed by atoms with Gasteiger partial charge in [0.25, 0.3) is 5.91 Å². The van der Waals surface area contributed by atoms with E-state index in [1.54, 1.807) is 0 Å². The van der Waals surface area contributed by atoms with Crippen LogP contribution in [0, 0.1) is 0 Å². The molecule has 1 unspecified atom stereocenters. The number of hydrogen-bond acceptors (Lipinski definition) is 4. The van der Waals surface area contributed by atoms with Crippen LogP contribution in [-0.2, 0) is 15.6 Å². The van der Waals surface area contributed by atoms with E-state index in [9.17, 15) is 9.90 Å². The van der Waals surface area contributed by atoms with Gasteiger partial charge in [0.1, 0.15) is 11.0 Å². The van der Waals surface area contributed by atoms with Crippen molar-refractivity contribution in [3.8, 4) is 5.75 Å². The Morgan fingerprint density at radius 2 is 1.57 bits per heavy atom. The molecule has 1 fully saturated rings. The number of hydrogen-bond donors (Lipinski definition) is 2. The molecule has 0 aromatic heterocycles. The number of amides is 1. The maximum absolute atomic E-state index is 12.4. The van der Waals surface area contributed by atoms with Crippen molar-refractivity contribution < 1.29 is 9.90 Å². The molecule has 0 spiro atoms. The van der Waals surface area contributed by atoms with Gasteiger partial charge in [-0.25, -0.2) is 10.9 Å². The summed E-state index contributed by atoms with van der Waals surface area (Å²) in [6.07, 6.45) is 0. The van der Waals surface area contributed by atoms with Gasteiger partial charge in [0.15, 0.2) is 0 Å². The lowest BCUT2D eigenvalue weighted by Gasteiger charge is -2.28. The van der Waals surface area contributed by atoms with Crippen molar-refractivity contribution in [2.75, 3.05) is 0 Å². The molecule has 1 amide bonds. The van der Waals surface area contributed by atoms with Crippen LogP contribution >= 0.6 is 11.8 Å². The van der Waals surface area contributed by atoms with E-state index in [2.05, 4.69) is 48.1 Å². The van der Waals surface area contributed by atoms with Gasteiger partial charge in [0.05, 0.1) is 5.03 Å². The van der Waals surface area contributed by atoms with Crippen molar-refractivity contribution in [1.82, 2.24) is 5.01 Å². The lowest BCUT2D eigenvalue weighted by atomic mass is 9.78. The van der Waals surface area contributed by atoms with Gasteiger partial charge in [-0.3, -0.25) is 4.79 Å². The van der Waals surface area contributed by atoms with E-state index in [-0.39, 0.29) is 16.7 Å². The largest absolute Gasteiger partial charge is 0.507 e. The molecule has 3 N–H and O–H groups in total. The maximum Gasteiger partial charge on any atom is 0.259 e. The Morgan fingerprint density at radius 1 is 1.13 bits per heavy atom. The van der Waals surface area contributed by atoms with E-state index in [4.69, 9.17) is 5.84 Å². The Balaban J connectivity index is 2.66. The number of phenolic OH excluding ortho intramolecular Hbond substituents is 1. The zero-order chi connectivity index (χ0) is 17.7. The first-order valence-electron chi connectivity index (χ1n) is 7.66. The first kappa shape index (κ1) is 17.9. The highest BCUT2D eigenvalue weighted by molar-refractivity contribution is 8.04. The predicted molar refractivity (Wildman–Crippen MR) is 96.0 cm³/mol. The smallest absolute Gasteiger partial charge is 0.259 e. The Labute approximate surface area is 142 Å². The third kappa shape index (κ3) is 3.26. The molecule has 4 nitrogen and oxygen atoms in total. The highest BCUT2D eigenvalue weighted by Gasteiger charge is 2.37. The van der Waals surface area contributed by atoms with Gasteiger partial charge in [-0.2, -0.15) is 0 Å². The first-order valence-corrected chi connectivity index (χ1v) is 8.54. The maximum atomic E-state index is 12.4. The summed E-state index contributed by atoms with van der Waals surface area (Å²) in [5, 5.41) is 12.0. The van der Waals surface area contributed by atoms with Crippen LogP contribution in [0.15, 0.2) is 23.7 Å². The number of aromatic hydroxyl groups is 1. The van der Waals surface area contributed by atoms with Crippen LogP contribution in [0.1, 0.15) is 63.5 Å². The number of hydrazine groups is 1. The minimum absolute atomic E-state index is 0.176. The van der Waals surface area contributed by atoms with Crippen LogP contribution < -0.4 is 5.84 Å². The van der Waals surface area contributed by atoms with Gasteiger partial charge in [-0.15, -0.1) is 0 Å². The Bertz CT molecular complexity index is 634. The van der Waals surface area contributed by atoms with E-state index in [1.807, 2.05) is 12.1 Å². The van der Waals surface area contributed by atoms with Gasteiger partial charge < -0.3 is 5.11 Å². The fourth-order valence-electron chi connectivity index (χ4n) is 2.65. The Hall–Kier alpha value is -1.46. The lowest BCUT2D eigenvalue weighted by molar-refractivity contribution is -0.127. The quantitative estimate of drug-likeness (QED) is 0.603. The number of carbonyl (C=O) groups is 1. The minimum atomic E-state index is -0.407. The van der Waals surface area contributed by atoms with Gasteiger partial charge in [-0.1, -0.05) is 59.9 Å². The molecule has 2 rings (SSSR count). The first-order chi connectivity index (χ1) is 10.3. The molecule has 1 aliphatic rings. The SMILES string of the molecule is C=C1SC(c2cc(C(C)(C)C)c(O)c(C(C)(C)C)c2)C(=O)N1N. The summed E-state index contributed by atoms with van der Waals surface area (Å²) < 4.78 is 0. The summed E-state index contributed by atoms with van der Waals surface area (Å²) in [4.78, 5) is 12.4. The van der Waals surface area contributed by atoms with E-state index < -0.39 is 5.25 Å². The summed E-state index contributed by atoms with van der Waals surface area (Å²) >= 11 is 1.35. The third-order valence-electron chi connectivity index (χ3n) is 4.04. The van der Waals surface area contributed by atoms with Gasteiger partial charge >= 0.3 is 0 Å². The fraction of sp³-hybridized carbons (Fsp3) is 0.500. The molecule has 1 aromatic carbocycles.